The van der Waals surface area contributed by atoms with Crippen LogP contribution in [0.5, 0.6) is 0 Å². The normalized spacial score (nSPS) is 17.9. The Bertz CT molecular complexity index is 637. The van der Waals surface area contributed by atoms with Gasteiger partial charge >= 0.3 is 0 Å². The third-order valence-electron chi connectivity index (χ3n) is 3.77. The Hall–Kier alpha value is -1.11. The van der Waals surface area contributed by atoms with E-state index in [4.69, 9.17) is 16.7 Å². The second kappa shape index (κ2) is 5.35. The smallest absolute Gasteiger partial charge is 0.238 e. The monoisotopic (exact) mass is 316 g/mol. The van der Waals surface area contributed by atoms with E-state index < -0.39 is 15.4 Å². The molecule has 110 valence electrons. The van der Waals surface area contributed by atoms with Gasteiger partial charge in [-0.2, -0.15) is 0 Å². The van der Waals surface area contributed by atoms with Gasteiger partial charge in [-0.25, -0.2) is 13.6 Å². The first-order chi connectivity index (χ1) is 9.22. The maximum Gasteiger partial charge on any atom is 0.238 e. The van der Waals surface area contributed by atoms with E-state index >= 15 is 0 Å². The number of benzene rings is 1. The molecule has 5 nitrogen and oxygen atoms in total. The van der Waals surface area contributed by atoms with Crippen LogP contribution in [-0.4, -0.2) is 14.3 Å². The lowest BCUT2D eigenvalue weighted by Crippen LogP contribution is -2.31. The molecular formula is C13H17ClN2O3S. The van der Waals surface area contributed by atoms with E-state index in [1.54, 1.807) is 0 Å². The SMILES string of the molecule is CC1(C(=O)Nc2cc(S(N)(=O)=O)ccc2Cl)CCCC1. The van der Waals surface area contributed by atoms with E-state index in [9.17, 15) is 13.2 Å². The van der Waals surface area contributed by atoms with E-state index in [2.05, 4.69) is 5.32 Å². The Morgan fingerprint density at radius 2 is 1.95 bits per heavy atom. The molecule has 3 N–H and O–H groups in total. The molecule has 0 saturated heterocycles. The number of rotatable bonds is 3. The van der Waals surface area contributed by atoms with Gasteiger partial charge in [-0.3, -0.25) is 4.79 Å². The largest absolute Gasteiger partial charge is 0.324 e. The van der Waals surface area contributed by atoms with Crippen LogP contribution >= 0.6 is 11.6 Å². The third kappa shape index (κ3) is 3.13. The fraction of sp³-hybridized carbons (Fsp3) is 0.462. The van der Waals surface area contributed by atoms with E-state index in [1.165, 1.54) is 18.2 Å². The van der Waals surface area contributed by atoms with Crippen molar-refractivity contribution < 1.29 is 13.2 Å². The lowest BCUT2D eigenvalue weighted by Gasteiger charge is -2.22. The number of halogens is 1. The highest BCUT2D eigenvalue weighted by Gasteiger charge is 2.36. The summed E-state index contributed by atoms with van der Waals surface area (Å²) in [5, 5.41) is 8.07. The van der Waals surface area contributed by atoms with Crippen LogP contribution in [0.3, 0.4) is 0 Å². The van der Waals surface area contributed by atoms with Crippen LogP contribution in [0.1, 0.15) is 32.6 Å². The molecule has 7 heteroatoms. The van der Waals surface area contributed by atoms with Crippen molar-refractivity contribution in [1.82, 2.24) is 0 Å². The summed E-state index contributed by atoms with van der Waals surface area (Å²) >= 11 is 5.99. The number of nitrogens with one attached hydrogen (secondary N) is 1. The number of hydrogen-bond acceptors (Lipinski definition) is 3. The summed E-state index contributed by atoms with van der Waals surface area (Å²) < 4.78 is 22.6. The number of sulfonamides is 1. The van der Waals surface area contributed by atoms with Crippen LogP contribution in [0.15, 0.2) is 23.1 Å². The minimum absolute atomic E-state index is 0.0752. The maximum atomic E-state index is 12.3. The fourth-order valence-electron chi connectivity index (χ4n) is 2.43. The molecule has 0 atom stereocenters. The van der Waals surface area contributed by atoms with Gasteiger partial charge in [0.2, 0.25) is 15.9 Å². The summed E-state index contributed by atoms with van der Waals surface area (Å²) in [7, 11) is -3.82. The summed E-state index contributed by atoms with van der Waals surface area (Å²) in [4.78, 5) is 12.2. The molecule has 0 radical (unpaired) electrons. The third-order valence-corrected chi connectivity index (χ3v) is 5.01. The molecule has 0 spiro atoms. The minimum atomic E-state index is -3.82. The van der Waals surface area contributed by atoms with Crippen LogP contribution in [0.4, 0.5) is 5.69 Å². The summed E-state index contributed by atoms with van der Waals surface area (Å²) in [6, 6.07) is 4.01. The Balaban J connectivity index is 2.27. The lowest BCUT2D eigenvalue weighted by atomic mass is 9.88. The van der Waals surface area contributed by atoms with Crippen LogP contribution in [0, 0.1) is 5.41 Å². The molecule has 0 unspecified atom stereocenters. The predicted molar refractivity (Wildman–Crippen MR) is 78.0 cm³/mol. The Morgan fingerprint density at radius 1 is 1.35 bits per heavy atom. The number of amides is 1. The second-order valence-corrected chi connectivity index (χ2v) is 7.38. The van der Waals surface area contributed by atoms with Gasteiger partial charge in [-0.1, -0.05) is 31.4 Å². The number of anilines is 1. The first kappa shape index (κ1) is 15.3. The van der Waals surface area contributed by atoms with Crippen molar-refractivity contribution in [2.45, 2.75) is 37.5 Å². The van der Waals surface area contributed by atoms with Gasteiger partial charge in [0.1, 0.15) is 0 Å². The van der Waals surface area contributed by atoms with Gasteiger partial charge in [0.15, 0.2) is 0 Å². The van der Waals surface area contributed by atoms with E-state index in [0.29, 0.717) is 0 Å². The molecule has 1 fully saturated rings. The Morgan fingerprint density at radius 3 is 2.50 bits per heavy atom. The van der Waals surface area contributed by atoms with Crippen molar-refractivity contribution in [1.29, 1.82) is 0 Å². The maximum absolute atomic E-state index is 12.3. The average molecular weight is 317 g/mol. The van der Waals surface area contributed by atoms with Crippen LogP contribution < -0.4 is 10.5 Å². The van der Waals surface area contributed by atoms with Gasteiger partial charge in [0, 0.05) is 5.41 Å². The van der Waals surface area contributed by atoms with E-state index in [1.807, 2.05) is 6.92 Å². The summed E-state index contributed by atoms with van der Waals surface area (Å²) in [5.74, 6) is -0.136. The molecular weight excluding hydrogens is 300 g/mol. The van der Waals surface area contributed by atoms with Gasteiger partial charge < -0.3 is 5.32 Å². The Labute approximate surface area is 123 Å². The molecule has 1 aromatic carbocycles. The van der Waals surface area contributed by atoms with Crippen molar-refractivity contribution in [3.8, 4) is 0 Å². The van der Waals surface area contributed by atoms with Gasteiger partial charge in [0.05, 0.1) is 15.6 Å². The zero-order valence-corrected chi connectivity index (χ0v) is 12.7. The van der Waals surface area contributed by atoms with Crippen molar-refractivity contribution in [3.63, 3.8) is 0 Å². The molecule has 1 saturated carbocycles. The summed E-state index contributed by atoms with van der Waals surface area (Å²) in [5.41, 5.74) is -0.141. The average Bonchev–Trinajstić information content (AvgIpc) is 2.79. The molecule has 1 amide bonds. The molecule has 2 rings (SSSR count). The van der Waals surface area contributed by atoms with E-state index in [0.717, 1.165) is 25.7 Å². The topological polar surface area (TPSA) is 89.3 Å². The quantitative estimate of drug-likeness (QED) is 0.897. The first-order valence-electron chi connectivity index (χ1n) is 6.36. The molecule has 20 heavy (non-hydrogen) atoms. The van der Waals surface area contributed by atoms with Gasteiger partial charge in [-0.05, 0) is 31.0 Å². The first-order valence-corrected chi connectivity index (χ1v) is 8.29. The molecule has 0 aliphatic heterocycles. The zero-order chi connectivity index (χ0) is 15.0. The van der Waals surface area contributed by atoms with Crippen molar-refractivity contribution in [2.75, 3.05) is 5.32 Å². The Kier molecular flexibility index (Phi) is 4.09. The molecule has 1 aromatic rings. The number of nitrogens with two attached hydrogens (primary N) is 1. The van der Waals surface area contributed by atoms with Gasteiger partial charge in [-0.15, -0.1) is 0 Å². The van der Waals surface area contributed by atoms with Crippen LogP contribution in [0.2, 0.25) is 5.02 Å². The van der Waals surface area contributed by atoms with Crippen molar-refractivity contribution >= 4 is 33.2 Å². The van der Waals surface area contributed by atoms with Crippen LogP contribution in [-0.2, 0) is 14.8 Å². The number of carbonyl (C=O) groups excluding carboxylic acids is 1. The number of carbonyl (C=O) groups is 1. The number of primary sulfonamides is 1. The molecule has 0 heterocycles. The fourth-order valence-corrected chi connectivity index (χ4v) is 3.14. The highest BCUT2D eigenvalue weighted by molar-refractivity contribution is 7.89. The molecule has 1 aliphatic carbocycles. The van der Waals surface area contributed by atoms with Gasteiger partial charge in [0.25, 0.3) is 0 Å². The molecule has 1 aliphatic rings. The zero-order valence-electron chi connectivity index (χ0n) is 11.1. The standard InChI is InChI=1S/C13H17ClN2O3S/c1-13(6-2-3-7-13)12(17)16-11-8-9(20(15,18)19)4-5-10(11)14/h4-5,8H,2-3,6-7H2,1H3,(H,16,17)(H2,15,18,19). The summed E-state index contributed by atoms with van der Waals surface area (Å²) in [6.45, 7) is 1.91. The minimum Gasteiger partial charge on any atom is -0.324 e. The summed E-state index contributed by atoms with van der Waals surface area (Å²) in [6.07, 6.45) is 3.69. The number of hydrogen-bond donors (Lipinski definition) is 2. The second-order valence-electron chi connectivity index (χ2n) is 5.41. The lowest BCUT2D eigenvalue weighted by molar-refractivity contribution is -0.124. The van der Waals surface area contributed by atoms with E-state index in [-0.39, 0.29) is 21.5 Å². The van der Waals surface area contributed by atoms with Crippen molar-refractivity contribution in [3.05, 3.63) is 23.2 Å². The highest BCUT2D eigenvalue weighted by atomic mass is 35.5. The molecule has 0 bridgehead atoms. The predicted octanol–water partition coefficient (Wildman–Crippen LogP) is 2.51. The molecule has 0 aromatic heterocycles. The van der Waals surface area contributed by atoms with Crippen LogP contribution in [0.25, 0.3) is 0 Å². The highest BCUT2D eigenvalue weighted by Crippen LogP contribution is 2.39. The van der Waals surface area contributed by atoms with Crippen molar-refractivity contribution in [2.24, 2.45) is 10.6 Å².